The van der Waals surface area contributed by atoms with Gasteiger partial charge in [0.1, 0.15) is 0 Å². The Balaban J connectivity index is 2.31. The molecule has 0 aliphatic carbocycles. The monoisotopic (exact) mass is 320 g/mol. The van der Waals surface area contributed by atoms with E-state index in [1.54, 1.807) is 31.2 Å². The molecule has 0 aromatic heterocycles. The maximum Gasteiger partial charge on any atom is 0.178 e. The molecule has 0 amide bonds. The fourth-order valence-electron chi connectivity index (χ4n) is 2.11. The van der Waals surface area contributed by atoms with Crippen LogP contribution in [0.1, 0.15) is 28.4 Å². The highest BCUT2D eigenvalue weighted by molar-refractivity contribution is 7.86. The molecular weight excluding hydrogens is 304 g/mol. The molecule has 2 aromatic rings. The van der Waals surface area contributed by atoms with Gasteiger partial charge in [0, 0.05) is 15.5 Å². The largest absolute Gasteiger partial charge is 0.293 e. The molecule has 2 atom stereocenters. The number of hydrogen-bond acceptors (Lipinski definition) is 2. The molecule has 0 aliphatic heterocycles. The van der Waals surface area contributed by atoms with Gasteiger partial charge in [-0.3, -0.25) is 9.00 Å². The van der Waals surface area contributed by atoms with Crippen LogP contribution in [0, 0.1) is 13.8 Å². The highest BCUT2D eigenvalue weighted by atomic mass is 35.5. The molecule has 0 heterocycles. The Hall–Kier alpha value is -1.45. The molecule has 0 N–H and O–H groups in total. The van der Waals surface area contributed by atoms with Crippen molar-refractivity contribution < 1.29 is 9.00 Å². The number of hydrogen-bond donors (Lipinski definition) is 0. The Morgan fingerprint density at radius 2 is 1.86 bits per heavy atom. The molecule has 0 bridgehead atoms. The van der Waals surface area contributed by atoms with E-state index in [4.69, 9.17) is 11.6 Å². The zero-order valence-corrected chi connectivity index (χ0v) is 13.8. The minimum Gasteiger partial charge on any atom is -0.293 e. The standard InChI is InChI=1S/C17H17ClO2S/c1-11-7-8-12(2)16(9-11)17(19)13(3)21(20)15-6-4-5-14(18)10-15/h4-10,13H,1-3H3. The zero-order chi connectivity index (χ0) is 15.6. The zero-order valence-electron chi connectivity index (χ0n) is 12.2. The average molecular weight is 321 g/mol. The van der Waals surface area contributed by atoms with Crippen molar-refractivity contribution >= 4 is 28.2 Å². The number of Topliss-reactive ketones (excluding diaryl/α,β-unsaturated/α-hetero) is 1. The fourth-order valence-corrected chi connectivity index (χ4v) is 3.55. The molecule has 110 valence electrons. The van der Waals surface area contributed by atoms with Crippen molar-refractivity contribution in [1.82, 2.24) is 0 Å². The predicted octanol–water partition coefficient (Wildman–Crippen LogP) is 4.34. The summed E-state index contributed by atoms with van der Waals surface area (Å²) in [4.78, 5) is 13.2. The van der Waals surface area contributed by atoms with Gasteiger partial charge in [0.15, 0.2) is 5.78 Å². The number of halogens is 1. The van der Waals surface area contributed by atoms with Crippen molar-refractivity contribution in [3.63, 3.8) is 0 Å². The van der Waals surface area contributed by atoms with E-state index < -0.39 is 16.0 Å². The van der Waals surface area contributed by atoms with Crippen molar-refractivity contribution in [2.75, 3.05) is 0 Å². The van der Waals surface area contributed by atoms with Crippen molar-refractivity contribution in [2.24, 2.45) is 0 Å². The lowest BCUT2D eigenvalue weighted by Crippen LogP contribution is -2.23. The van der Waals surface area contributed by atoms with E-state index >= 15 is 0 Å². The summed E-state index contributed by atoms with van der Waals surface area (Å²) in [6.45, 7) is 5.53. The highest BCUT2D eigenvalue weighted by Gasteiger charge is 2.24. The van der Waals surface area contributed by atoms with Gasteiger partial charge in [-0.2, -0.15) is 0 Å². The second kappa shape index (κ2) is 6.54. The Labute approximate surface area is 132 Å². The third-order valence-corrected chi connectivity index (χ3v) is 5.19. The first-order valence-corrected chi connectivity index (χ1v) is 8.27. The number of aryl methyl sites for hydroxylation is 2. The van der Waals surface area contributed by atoms with Crippen LogP contribution in [0.2, 0.25) is 5.02 Å². The van der Waals surface area contributed by atoms with Crippen LogP contribution in [0.5, 0.6) is 0 Å². The van der Waals surface area contributed by atoms with E-state index in [0.717, 1.165) is 11.1 Å². The molecule has 0 saturated heterocycles. The van der Waals surface area contributed by atoms with Gasteiger partial charge in [0.2, 0.25) is 0 Å². The molecular formula is C17H17ClO2S. The quantitative estimate of drug-likeness (QED) is 0.785. The van der Waals surface area contributed by atoms with E-state index in [2.05, 4.69) is 0 Å². The van der Waals surface area contributed by atoms with Crippen LogP contribution >= 0.6 is 11.6 Å². The van der Waals surface area contributed by atoms with Gasteiger partial charge in [-0.05, 0) is 50.6 Å². The summed E-state index contributed by atoms with van der Waals surface area (Å²) in [5.74, 6) is -0.102. The molecule has 0 saturated carbocycles. The lowest BCUT2D eigenvalue weighted by atomic mass is 10.0. The Kier molecular flexibility index (Phi) is 4.96. The number of carbonyl (C=O) groups excluding carboxylic acids is 1. The van der Waals surface area contributed by atoms with Crippen LogP contribution in [0.25, 0.3) is 0 Å². The van der Waals surface area contributed by atoms with E-state index in [1.807, 2.05) is 32.0 Å². The third-order valence-electron chi connectivity index (χ3n) is 3.38. The first-order chi connectivity index (χ1) is 9.90. The lowest BCUT2D eigenvalue weighted by Gasteiger charge is -2.13. The maximum atomic E-state index is 12.6. The van der Waals surface area contributed by atoms with Gasteiger partial charge in [-0.25, -0.2) is 0 Å². The number of ketones is 1. The summed E-state index contributed by atoms with van der Waals surface area (Å²) in [6.07, 6.45) is 0. The Morgan fingerprint density at radius 1 is 1.14 bits per heavy atom. The van der Waals surface area contributed by atoms with Crippen LogP contribution in [0.3, 0.4) is 0 Å². The van der Waals surface area contributed by atoms with Crippen LogP contribution in [-0.2, 0) is 10.8 Å². The molecule has 21 heavy (non-hydrogen) atoms. The van der Waals surface area contributed by atoms with Gasteiger partial charge < -0.3 is 0 Å². The maximum absolute atomic E-state index is 12.6. The van der Waals surface area contributed by atoms with Crippen molar-refractivity contribution in [3.05, 3.63) is 64.2 Å². The first kappa shape index (κ1) is 15.9. The van der Waals surface area contributed by atoms with Gasteiger partial charge in [0.05, 0.1) is 16.0 Å². The van der Waals surface area contributed by atoms with Gasteiger partial charge in [-0.15, -0.1) is 0 Å². The summed E-state index contributed by atoms with van der Waals surface area (Å²) in [5, 5.41) is -0.0869. The molecule has 2 rings (SSSR count). The van der Waals surface area contributed by atoms with Crippen molar-refractivity contribution in [1.29, 1.82) is 0 Å². The average Bonchev–Trinajstić information content (AvgIpc) is 2.47. The molecule has 2 nitrogen and oxygen atoms in total. The molecule has 4 heteroatoms. The molecule has 0 spiro atoms. The molecule has 0 radical (unpaired) electrons. The molecule has 2 unspecified atom stereocenters. The Bertz CT molecular complexity index is 710. The number of benzene rings is 2. The second-order valence-corrected chi connectivity index (χ2v) is 7.29. The summed E-state index contributed by atoms with van der Waals surface area (Å²) in [6, 6.07) is 12.6. The predicted molar refractivity (Wildman–Crippen MR) is 87.6 cm³/mol. The summed E-state index contributed by atoms with van der Waals surface area (Å²) in [5.41, 5.74) is 2.56. The van der Waals surface area contributed by atoms with Gasteiger partial charge >= 0.3 is 0 Å². The van der Waals surface area contributed by atoms with Crippen LogP contribution in [0.15, 0.2) is 47.4 Å². The minimum atomic E-state index is -1.42. The topological polar surface area (TPSA) is 34.1 Å². The van der Waals surface area contributed by atoms with Crippen LogP contribution in [0.4, 0.5) is 0 Å². The van der Waals surface area contributed by atoms with Crippen molar-refractivity contribution in [2.45, 2.75) is 30.9 Å². The van der Waals surface area contributed by atoms with E-state index in [0.29, 0.717) is 15.5 Å². The fraction of sp³-hybridized carbons (Fsp3) is 0.235. The third kappa shape index (κ3) is 3.60. The van der Waals surface area contributed by atoms with E-state index in [-0.39, 0.29) is 5.78 Å². The normalized spacial score (nSPS) is 13.7. The molecule has 0 fully saturated rings. The summed E-state index contributed by atoms with van der Waals surface area (Å²) < 4.78 is 12.5. The van der Waals surface area contributed by atoms with E-state index in [1.165, 1.54) is 0 Å². The lowest BCUT2D eigenvalue weighted by molar-refractivity contribution is 0.0992. The van der Waals surface area contributed by atoms with Crippen molar-refractivity contribution in [3.8, 4) is 0 Å². The summed E-state index contributed by atoms with van der Waals surface area (Å²) >= 11 is 5.92. The number of rotatable bonds is 4. The second-order valence-electron chi connectivity index (χ2n) is 5.08. The highest BCUT2D eigenvalue weighted by Crippen LogP contribution is 2.20. The minimum absolute atomic E-state index is 0.102. The number of carbonyl (C=O) groups is 1. The molecule has 2 aromatic carbocycles. The SMILES string of the molecule is Cc1ccc(C)c(C(=O)C(C)S(=O)c2cccc(Cl)c2)c1. The van der Waals surface area contributed by atoms with Gasteiger partial charge in [0.25, 0.3) is 0 Å². The molecule has 0 aliphatic rings. The Morgan fingerprint density at radius 3 is 2.52 bits per heavy atom. The smallest absolute Gasteiger partial charge is 0.178 e. The summed E-state index contributed by atoms with van der Waals surface area (Å²) in [7, 11) is -1.42. The van der Waals surface area contributed by atoms with Crippen LogP contribution < -0.4 is 0 Å². The first-order valence-electron chi connectivity index (χ1n) is 6.68. The van der Waals surface area contributed by atoms with Gasteiger partial charge in [-0.1, -0.05) is 35.4 Å². The van der Waals surface area contributed by atoms with E-state index in [9.17, 15) is 9.00 Å². The van der Waals surface area contributed by atoms with Crippen LogP contribution in [-0.4, -0.2) is 15.2 Å².